The summed E-state index contributed by atoms with van der Waals surface area (Å²) in [5.41, 5.74) is 6.92. The molecule has 0 rings (SSSR count). The van der Waals surface area contributed by atoms with Gasteiger partial charge in [0, 0.05) is 0 Å². The Bertz CT molecular complexity index is 273. The zero-order valence-electron chi connectivity index (χ0n) is 5.64. The second-order valence-electron chi connectivity index (χ2n) is 1.76. The van der Waals surface area contributed by atoms with Crippen LogP contribution in [0.2, 0.25) is 0 Å². The number of nitrogens with zero attached hydrogens (tertiary/aromatic N) is 1. The van der Waals surface area contributed by atoms with E-state index in [1.165, 1.54) is 6.07 Å². The van der Waals surface area contributed by atoms with E-state index < -0.39 is 22.4 Å². The number of rotatable bonds is 1. The first-order valence-corrected chi connectivity index (χ1v) is 2.98. The smallest absolute Gasteiger partial charge is 0.394 e. The second-order valence-corrected chi connectivity index (χ2v) is 2.20. The van der Waals surface area contributed by atoms with Gasteiger partial charge in [-0.25, -0.2) is 0 Å². The van der Waals surface area contributed by atoms with Crippen LogP contribution in [0.1, 0.15) is 0 Å². The minimum atomic E-state index is -4.77. The molecule has 0 aliphatic heterocycles. The van der Waals surface area contributed by atoms with Gasteiger partial charge in [0.05, 0.1) is 0 Å². The molecule has 0 spiro atoms. The predicted molar refractivity (Wildman–Crippen MR) is 39.7 cm³/mol. The van der Waals surface area contributed by atoms with Gasteiger partial charge in [0.25, 0.3) is 0 Å². The number of nitriles is 1. The van der Waals surface area contributed by atoms with E-state index in [1.54, 1.807) is 0 Å². The highest BCUT2D eigenvalue weighted by atomic mass is 32.1. The Hall–Kier alpha value is -1.29. The van der Waals surface area contributed by atoms with Crippen molar-refractivity contribution >= 4 is 17.2 Å². The third-order valence-electron chi connectivity index (χ3n) is 0.933. The molecule has 0 aliphatic rings. The zero-order valence-corrected chi connectivity index (χ0v) is 6.46. The summed E-state index contributed by atoms with van der Waals surface area (Å²) in [6.07, 6.45) is -4.77. The molecule has 0 radical (unpaired) electrons. The van der Waals surface area contributed by atoms with Gasteiger partial charge in [-0.3, -0.25) is 0 Å². The average Bonchev–Trinajstić information content (AvgIpc) is 1.86. The van der Waals surface area contributed by atoms with E-state index in [0.717, 1.165) is 0 Å². The van der Waals surface area contributed by atoms with Crippen LogP contribution in [0.3, 0.4) is 0 Å². The van der Waals surface area contributed by atoms with Crippen molar-refractivity contribution in [3.63, 3.8) is 0 Å². The Balaban J connectivity index is 5.17. The molecule has 0 atom stereocenters. The van der Waals surface area contributed by atoms with Crippen LogP contribution >= 0.6 is 12.2 Å². The maximum Gasteiger partial charge on any atom is 0.432 e. The van der Waals surface area contributed by atoms with Gasteiger partial charge in [0.1, 0.15) is 22.3 Å². The van der Waals surface area contributed by atoms with Crippen molar-refractivity contribution in [1.82, 2.24) is 0 Å². The van der Waals surface area contributed by atoms with Crippen LogP contribution in [-0.4, -0.2) is 11.2 Å². The summed E-state index contributed by atoms with van der Waals surface area (Å²) in [6, 6.07) is 1.18. The maximum atomic E-state index is 11.8. The summed E-state index contributed by atoms with van der Waals surface area (Å²) in [6.45, 7) is 0. The van der Waals surface area contributed by atoms with Crippen molar-refractivity contribution in [2.75, 3.05) is 0 Å². The normalized spacial score (nSPS) is 13.2. The lowest BCUT2D eigenvalue weighted by Crippen LogP contribution is -2.26. The van der Waals surface area contributed by atoms with Crippen LogP contribution in [0.25, 0.3) is 0 Å². The molecule has 0 saturated heterocycles. The molecule has 0 fully saturated rings. The molecule has 0 aromatic carbocycles. The van der Waals surface area contributed by atoms with Gasteiger partial charge in [-0.2, -0.15) is 18.4 Å². The Morgan fingerprint density at radius 1 is 1.33 bits per heavy atom. The fourth-order valence-corrected chi connectivity index (χ4v) is 0.545. The third-order valence-corrected chi connectivity index (χ3v) is 1.14. The highest BCUT2D eigenvalue weighted by molar-refractivity contribution is 7.80. The van der Waals surface area contributed by atoms with Crippen LogP contribution in [0.4, 0.5) is 13.2 Å². The first-order valence-electron chi connectivity index (χ1n) is 2.57. The minimum absolute atomic E-state index is 0.660. The number of halogens is 3. The lowest BCUT2D eigenvalue weighted by molar-refractivity contribution is -0.0929. The predicted octanol–water partition coefficient (Wildman–Crippen LogP) is 0.571. The zero-order chi connectivity index (χ0) is 9.94. The maximum absolute atomic E-state index is 11.8. The first kappa shape index (κ1) is 10.7. The molecule has 0 aromatic rings. The van der Waals surface area contributed by atoms with E-state index in [9.17, 15) is 13.2 Å². The molecule has 12 heavy (non-hydrogen) atoms. The third kappa shape index (κ3) is 2.39. The lowest BCUT2D eigenvalue weighted by Gasteiger charge is -2.07. The Morgan fingerprint density at radius 3 is 1.83 bits per heavy atom. The van der Waals surface area contributed by atoms with Gasteiger partial charge in [-0.1, -0.05) is 12.2 Å². The first-order chi connectivity index (χ1) is 5.30. The van der Waals surface area contributed by atoms with Crippen molar-refractivity contribution in [3.8, 4) is 6.07 Å². The van der Waals surface area contributed by atoms with E-state index >= 15 is 0 Å². The molecule has 0 unspecified atom stereocenters. The van der Waals surface area contributed by atoms with E-state index in [1.807, 2.05) is 0 Å². The second kappa shape index (κ2) is 3.40. The van der Waals surface area contributed by atoms with Gasteiger partial charge in [0.2, 0.25) is 0 Å². The molecule has 0 bridgehead atoms. The Labute approximate surface area is 71.4 Å². The van der Waals surface area contributed by atoms with Crippen molar-refractivity contribution < 1.29 is 13.2 Å². The van der Waals surface area contributed by atoms with Crippen molar-refractivity contribution in [3.05, 3.63) is 11.3 Å². The summed E-state index contributed by atoms with van der Waals surface area (Å²) >= 11 is 4.18. The topological polar surface area (TPSA) is 75.8 Å². The Morgan fingerprint density at radius 2 is 1.75 bits per heavy atom. The van der Waals surface area contributed by atoms with Gasteiger partial charge in [-0.15, -0.1) is 0 Å². The highest BCUT2D eigenvalue weighted by Crippen LogP contribution is 2.23. The fraction of sp³-hybridized carbons (Fsp3) is 0.200. The molecule has 0 heterocycles. The number of allylic oxidation sites excluding steroid dienone is 1. The summed E-state index contributed by atoms with van der Waals surface area (Å²) < 4.78 is 35.4. The molecule has 66 valence electrons. The number of hydrogen-bond acceptors (Lipinski definition) is 3. The van der Waals surface area contributed by atoms with E-state index in [0.29, 0.717) is 0 Å². The average molecular weight is 195 g/mol. The number of hydrogen-bond donors (Lipinski definition) is 2. The van der Waals surface area contributed by atoms with Gasteiger partial charge in [-0.05, 0) is 0 Å². The SMILES string of the molecule is N#C/C(C(N)=S)=C(\N)C(F)(F)F. The molecule has 4 N–H and O–H groups in total. The van der Waals surface area contributed by atoms with Crippen LogP contribution in [0.5, 0.6) is 0 Å². The number of nitrogens with two attached hydrogens (primary N) is 2. The quantitative estimate of drug-likeness (QED) is 0.364. The summed E-state index contributed by atoms with van der Waals surface area (Å²) in [4.78, 5) is -0.660. The highest BCUT2D eigenvalue weighted by Gasteiger charge is 2.35. The fourth-order valence-electron chi connectivity index (χ4n) is 0.390. The van der Waals surface area contributed by atoms with E-state index in [-0.39, 0.29) is 0 Å². The molecule has 0 aliphatic carbocycles. The molecule has 3 nitrogen and oxygen atoms in total. The van der Waals surface area contributed by atoms with Gasteiger partial charge >= 0.3 is 6.18 Å². The van der Waals surface area contributed by atoms with Gasteiger partial charge < -0.3 is 11.5 Å². The molecule has 0 amide bonds. The largest absolute Gasteiger partial charge is 0.432 e. The van der Waals surface area contributed by atoms with Gasteiger partial charge in [0.15, 0.2) is 0 Å². The lowest BCUT2D eigenvalue weighted by atomic mass is 10.2. The minimum Gasteiger partial charge on any atom is -0.394 e. The molecule has 7 heteroatoms. The van der Waals surface area contributed by atoms with Crippen molar-refractivity contribution in [2.45, 2.75) is 6.18 Å². The summed E-state index contributed by atoms with van der Waals surface area (Å²) in [7, 11) is 0. The molecule has 0 aromatic heterocycles. The number of thiocarbonyl (C=S) groups is 1. The Kier molecular flexibility index (Phi) is 3.04. The molecular weight excluding hydrogens is 191 g/mol. The van der Waals surface area contributed by atoms with Crippen LogP contribution in [0, 0.1) is 11.3 Å². The molecule has 0 saturated carbocycles. The van der Waals surface area contributed by atoms with Crippen LogP contribution in [-0.2, 0) is 0 Å². The standard InChI is InChI=1S/C5H4F3N3S/c6-5(7,8)3(10)2(1-9)4(11)12/h10H2,(H2,11,12)/b3-2+. The monoisotopic (exact) mass is 195 g/mol. The van der Waals surface area contributed by atoms with Crippen molar-refractivity contribution in [1.29, 1.82) is 5.26 Å². The van der Waals surface area contributed by atoms with Crippen molar-refractivity contribution in [2.24, 2.45) is 11.5 Å². The van der Waals surface area contributed by atoms with Crippen LogP contribution in [0.15, 0.2) is 11.3 Å². The summed E-state index contributed by atoms with van der Waals surface area (Å²) in [5.74, 6) is 0. The van der Waals surface area contributed by atoms with E-state index in [4.69, 9.17) is 11.0 Å². The van der Waals surface area contributed by atoms with Crippen LogP contribution < -0.4 is 11.5 Å². The summed E-state index contributed by atoms with van der Waals surface area (Å²) in [5, 5.41) is 8.17. The number of alkyl halides is 3. The molecular formula is C5H4F3N3S. The van der Waals surface area contributed by atoms with E-state index in [2.05, 4.69) is 18.0 Å².